The molecule has 0 aliphatic rings. The zero-order valence-electron chi connectivity index (χ0n) is 17.0. The summed E-state index contributed by atoms with van der Waals surface area (Å²) in [6, 6.07) is 19.2. The highest BCUT2D eigenvalue weighted by Crippen LogP contribution is 2.43. The average molecular weight is 443 g/mol. The maximum absolute atomic E-state index is 14.0. The molecule has 3 nitrogen and oxygen atoms in total. The molecule has 31 heavy (non-hydrogen) atoms. The SMILES string of the molecule is Cc1ccc(SCC(O)(c2ccc3c(cnn3-c3ccccc3)c2)C(F)(F)F)c(C)c1. The minimum absolute atomic E-state index is 0.197. The summed E-state index contributed by atoms with van der Waals surface area (Å²) in [5.74, 6) is -0.543. The van der Waals surface area contributed by atoms with Crippen LogP contribution >= 0.6 is 11.8 Å². The first-order valence-electron chi connectivity index (χ1n) is 9.72. The van der Waals surface area contributed by atoms with E-state index in [0.717, 1.165) is 28.6 Å². The van der Waals surface area contributed by atoms with Crippen molar-refractivity contribution in [3.8, 4) is 5.69 Å². The minimum atomic E-state index is -4.83. The summed E-state index contributed by atoms with van der Waals surface area (Å²) in [7, 11) is 0. The van der Waals surface area contributed by atoms with Gasteiger partial charge in [-0.3, -0.25) is 0 Å². The molecular formula is C24H21F3N2OS. The number of fused-ring (bicyclic) bond motifs is 1. The second-order valence-electron chi connectivity index (χ2n) is 7.58. The van der Waals surface area contributed by atoms with Gasteiger partial charge >= 0.3 is 6.18 Å². The molecule has 7 heteroatoms. The van der Waals surface area contributed by atoms with E-state index in [0.29, 0.717) is 15.8 Å². The van der Waals surface area contributed by atoms with Crippen LogP contribution in [-0.4, -0.2) is 26.8 Å². The molecule has 0 amide bonds. The van der Waals surface area contributed by atoms with E-state index in [1.54, 1.807) is 16.8 Å². The fraction of sp³-hybridized carbons (Fsp3) is 0.208. The molecule has 0 fully saturated rings. The lowest BCUT2D eigenvalue weighted by Gasteiger charge is -2.31. The number of rotatable bonds is 5. The van der Waals surface area contributed by atoms with Crippen molar-refractivity contribution in [1.29, 1.82) is 0 Å². The van der Waals surface area contributed by atoms with Gasteiger partial charge in [0.15, 0.2) is 5.60 Å². The molecule has 4 aromatic rings. The number of nitrogens with zero attached hydrogens (tertiary/aromatic N) is 2. The summed E-state index contributed by atoms with van der Waals surface area (Å²) in [5, 5.41) is 15.7. The molecular weight excluding hydrogens is 421 g/mol. The molecule has 0 aliphatic carbocycles. The van der Waals surface area contributed by atoms with Gasteiger partial charge in [0.2, 0.25) is 0 Å². The van der Waals surface area contributed by atoms with E-state index in [1.807, 2.05) is 56.3 Å². The van der Waals surface area contributed by atoms with Crippen molar-refractivity contribution in [2.24, 2.45) is 0 Å². The van der Waals surface area contributed by atoms with Crippen molar-refractivity contribution in [3.63, 3.8) is 0 Å². The largest absolute Gasteiger partial charge is 0.422 e. The number of thioether (sulfide) groups is 1. The third-order valence-corrected chi connectivity index (χ3v) is 6.61. The Bertz CT molecular complexity index is 1220. The van der Waals surface area contributed by atoms with E-state index in [9.17, 15) is 18.3 Å². The van der Waals surface area contributed by atoms with Crippen LogP contribution in [0.2, 0.25) is 0 Å². The summed E-state index contributed by atoms with van der Waals surface area (Å²) in [6.45, 7) is 3.78. The van der Waals surface area contributed by atoms with Crippen LogP contribution in [0.15, 0.2) is 77.8 Å². The van der Waals surface area contributed by atoms with Gasteiger partial charge in [-0.2, -0.15) is 18.3 Å². The van der Waals surface area contributed by atoms with Gasteiger partial charge in [0, 0.05) is 16.0 Å². The van der Waals surface area contributed by atoms with Crippen molar-refractivity contribution >= 4 is 22.7 Å². The molecule has 1 atom stereocenters. The molecule has 1 aromatic heterocycles. The highest BCUT2D eigenvalue weighted by Gasteiger charge is 2.55. The Morgan fingerprint density at radius 2 is 1.71 bits per heavy atom. The van der Waals surface area contributed by atoms with Crippen LogP contribution < -0.4 is 0 Å². The summed E-state index contributed by atoms with van der Waals surface area (Å²) in [5.41, 5.74) is 0.210. The second-order valence-corrected chi connectivity index (χ2v) is 8.60. The lowest BCUT2D eigenvalue weighted by molar-refractivity contribution is -0.256. The fourth-order valence-corrected chi connectivity index (χ4v) is 4.68. The Hall–Kier alpha value is -2.77. The molecule has 3 aromatic carbocycles. The normalized spacial score (nSPS) is 14.0. The smallest absolute Gasteiger partial charge is 0.376 e. The number of aromatic nitrogens is 2. The topological polar surface area (TPSA) is 38.1 Å². The van der Waals surface area contributed by atoms with E-state index in [2.05, 4.69) is 5.10 Å². The number of aryl methyl sites for hydroxylation is 2. The van der Waals surface area contributed by atoms with Crippen molar-refractivity contribution in [3.05, 3.63) is 89.6 Å². The first-order valence-corrected chi connectivity index (χ1v) is 10.7. The van der Waals surface area contributed by atoms with Crippen molar-refractivity contribution in [2.45, 2.75) is 30.5 Å². The summed E-state index contributed by atoms with van der Waals surface area (Å²) < 4.78 is 43.8. The van der Waals surface area contributed by atoms with Gasteiger partial charge in [-0.05, 0) is 55.3 Å². The predicted molar refractivity (Wildman–Crippen MR) is 118 cm³/mol. The van der Waals surface area contributed by atoms with Crippen LogP contribution in [0.5, 0.6) is 0 Å². The molecule has 0 saturated carbocycles. The number of hydrogen-bond donors (Lipinski definition) is 1. The molecule has 0 spiro atoms. The van der Waals surface area contributed by atoms with E-state index >= 15 is 0 Å². The van der Waals surface area contributed by atoms with Crippen molar-refractivity contribution < 1.29 is 18.3 Å². The van der Waals surface area contributed by atoms with E-state index in [4.69, 9.17) is 0 Å². The first kappa shape index (κ1) is 21.5. The maximum atomic E-state index is 14.0. The minimum Gasteiger partial charge on any atom is -0.376 e. The quantitative estimate of drug-likeness (QED) is 0.375. The van der Waals surface area contributed by atoms with Crippen molar-refractivity contribution in [1.82, 2.24) is 9.78 Å². The average Bonchev–Trinajstić information content (AvgIpc) is 3.16. The molecule has 1 heterocycles. The lowest BCUT2D eigenvalue weighted by Crippen LogP contribution is -2.44. The number of alkyl halides is 3. The van der Waals surface area contributed by atoms with Crippen LogP contribution in [0.25, 0.3) is 16.6 Å². The molecule has 0 bridgehead atoms. The number of halogens is 3. The number of hydrogen-bond acceptors (Lipinski definition) is 3. The molecule has 0 aliphatic heterocycles. The van der Waals surface area contributed by atoms with Gasteiger partial charge in [0.1, 0.15) is 0 Å². The van der Waals surface area contributed by atoms with Gasteiger partial charge in [-0.15, -0.1) is 11.8 Å². The first-order chi connectivity index (χ1) is 14.7. The third-order valence-electron chi connectivity index (χ3n) is 5.28. The molecule has 0 saturated heterocycles. The Kier molecular flexibility index (Phi) is 5.58. The third kappa shape index (κ3) is 4.07. The maximum Gasteiger partial charge on any atom is 0.422 e. The monoisotopic (exact) mass is 442 g/mol. The van der Waals surface area contributed by atoms with Crippen LogP contribution in [-0.2, 0) is 5.60 Å². The zero-order chi connectivity index (χ0) is 22.2. The number of benzene rings is 3. The van der Waals surface area contributed by atoms with Gasteiger partial charge in [-0.1, -0.05) is 42.0 Å². The zero-order valence-corrected chi connectivity index (χ0v) is 17.8. The van der Waals surface area contributed by atoms with E-state index < -0.39 is 17.5 Å². The Morgan fingerprint density at radius 1 is 0.968 bits per heavy atom. The molecule has 0 radical (unpaired) electrons. The highest BCUT2D eigenvalue weighted by atomic mass is 32.2. The molecule has 4 rings (SSSR count). The van der Waals surface area contributed by atoms with Gasteiger partial charge in [-0.25, -0.2) is 4.68 Å². The Morgan fingerprint density at radius 3 is 2.39 bits per heavy atom. The summed E-state index contributed by atoms with van der Waals surface area (Å²) in [6.07, 6.45) is -3.32. The predicted octanol–water partition coefficient (Wildman–Crippen LogP) is 6.18. The van der Waals surface area contributed by atoms with Crippen LogP contribution in [0, 0.1) is 13.8 Å². The van der Waals surface area contributed by atoms with Gasteiger partial charge < -0.3 is 5.11 Å². The van der Waals surface area contributed by atoms with E-state index in [1.165, 1.54) is 18.3 Å². The Labute approximate surface area is 182 Å². The number of para-hydroxylation sites is 1. The second kappa shape index (κ2) is 8.05. The van der Waals surface area contributed by atoms with Crippen LogP contribution in [0.3, 0.4) is 0 Å². The van der Waals surface area contributed by atoms with Gasteiger partial charge in [0.25, 0.3) is 0 Å². The Balaban J connectivity index is 1.70. The van der Waals surface area contributed by atoms with Crippen LogP contribution in [0.4, 0.5) is 13.2 Å². The summed E-state index contributed by atoms with van der Waals surface area (Å²) >= 11 is 1.00. The van der Waals surface area contributed by atoms with Gasteiger partial charge in [0.05, 0.1) is 17.4 Å². The standard InChI is InChI=1S/C24H21F3N2OS/c1-16-8-11-22(17(2)12-16)31-15-23(30,24(25,26)27)19-9-10-21-18(13-19)14-28-29(21)20-6-4-3-5-7-20/h3-14,30H,15H2,1-2H3. The molecule has 160 valence electrons. The lowest BCUT2D eigenvalue weighted by atomic mass is 9.94. The number of aliphatic hydroxyl groups is 1. The molecule has 1 unspecified atom stereocenters. The fourth-order valence-electron chi connectivity index (χ4n) is 3.54. The summed E-state index contributed by atoms with van der Waals surface area (Å²) in [4.78, 5) is 0.714. The molecule has 1 N–H and O–H groups in total. The van der Waals surface area contributed by atoms with Crippen LogP contribution in [0.1, 0.15) is 16.7 Å². The van der Waals surface area contributed by atoms with E-state index in [-0.39, 0.29) is 5.56 Å². The van der Waals surface area contributed by atoms with Crippen molar-refractivity contribution in [2.75, 3.05) is 5.75 Å². The highest BCUT2D eigenvalue weighted by molar-refractivity contribution is 7.99.